The molecule has 6 heteroatoms. The maximum absolute atomic E-state index is 13.8. The predicted octanol–water partition coefficient (Wildman–Crippen LogP) is 1.96. The molecule has 3 nitrogen and oxygen atoms in total. The minimum atomic E-state index is -2.92. The van der Waals surface area contributed by atoms with Gasteiger partial charge in [-0.2, -0.15) is 0 Å². The summed E-state index contributed by atoms with van der Waals surface area (Å²) in [5.41, 5.74) is 1.36. The Bertz CT molecular complexity index is 504. The van der Waals surface area contributed by atoms with E-state index >= 15 is 0 Å². The zero-order valence-electron chi connectivity index (χ0n) is 9.20. The van der Waals surface area contributed by atoms with Crippen molar-refractivity contribution in [1.82, 2.24) is 0 Å². The fourth-order valence-corrected chi connectivity index (χ4v) is 3.39. The van der Waals surface area contributed by atoms with Crippen LogP contribution in [0.15, 0.2) is 18.2 Å². The first-order chi connectivity index (χ1) is 8.02. The average Bonchev–Trinajstić information content (AvgIpc) is 2.29. The Balaban J connectivity index is 2.19. The van der Waals surface area contributed by atoms with Crippen molar-refractivity contribution in [2.24, 2.45) is 0 Å². The number of anilines is 1. The van der Waals surface area contributed by atoms with E-state index in [4.69, 9.17) is 0 Å². The van der Waals surface area contributed by atoms with Crippen LogP contribution >= 0.6 is 15.9 Å². The van der Waals surface area contributed by atoms with Crippen LogP contribution in [0, 0.1) is 5.82 Å². The topological polar surface area (TPSA) is 37.4 Å². The number of benzene rings is 1. The summed E-state index contributed by atoms with van der Waals surface area (Å²) in [5.74, 6) is -0.0829. The van der Waals surface area contributed by atoms with Crippen LogP contribution in [0.25, 0.3) is 0 Å². The number of nitrogens with zero attached hydrogens (tertiary/aromatic N) is 1. The van der Waals surface area contributed by atoms with Gasteiger partial charge in [0.05, 0.1) is 17.2 Å². The van der Waals surface area contributed by atoms with Crippen molar-refractivity contribution in [1.29, 1.82) is 0 Å². The van der Waals surface area contributed by atoms with Crippen LogP contribution in [0.5, 0.6) is 0 Å². The first-order valence-corrected chi connectivity index (χ1v) is 8.26. The van der Waals surface area contributed by atoms with Crippen molar-refractivity contribution in [3.8, 4) is 0 Å². The van der Waals surface area contributed by atoms with E-state index in [1.807, 2.05) is 6.07 Å². The van der Waals surface area contributed by atoms with E-state index in [2.05, 4.69) is 15.9 Å². The van der Waals surface area contributed by atoms with Gasteiger partial charge in [0, 0.05) is 18.4 Å². The van der Waals surface area contributed by atoms with Crippen molar-refractivity contribution >= 4 is 31.5 Å². The molecular formula is C11H13BrFNO2S. The summed E-state index contributed by atoms with van der Waals surface area (Å²) >= 11 is 3.27. The van der Waals surface area contributed by atoms with Gasteiger partial charge in [0.2, 0.25) is 0 Å². The first kappa shape index (κ1) is 12.8. The quantitative estimate of drug-likeness (QED) is 0.781. The van der Waals surface area contributed by atoms with E-state index in [1.54, 1.807) is 11.0 Å². The Hall–Kier alpha value is -0.620. The van der Waals surface area contributed by atoms with Crippen molar-refractivity contribution in [2.45, 2.75) is 5.33 Å². The molecule has 0 radical (unpaired) electrons. The van der Waals surface area contributed by atoms with Crippen molar-refractivity contribution in [3.63, 3.8) is 0 Å². The second-order valence-electron chi connectivity index (χ2n) is 4.06. The molecule has 0 N–H and O–H groups in total. The second kappa shape index (κ2) is 4.94. The second-order valence-corrected chi connectivity index (χ2v) is 6.92. The van der Waals surface area contributed by atoms with E-state index in [0.717, 1.165) is 5.56 Å². The fourth-order valence-electron chi connectivity index (χ4n) is 1.84. The molecule has 0 atom stereocenters. The summed E-state index contributed by atoms with van der Waals surface area (Å²) in [4.78, 5) is 1.79. The third-order valence-corrected chi connectivity index (χ3v) is 5.11. The predicted molar refractivity (Wildman–Crippen MR) is 69.9 cm³/mol. The number of sulfone groups is 1. The van der Waals surface area contributed by atoms with Gasteiger partial charge in [-0.25, -0.2) is 12.8 Å². The third-order valence-electron chi connectivity index (χ3n) is 2.85. The summed E-state index contributed by atoms with van der Waals surface area (Å²) in [6.45, 7) is 0.736. The molecule has 0 aromatic heterocycles. The van der Waals surface area contributed by atoms with E-state index in [0.29, 0.717) is 24.1 Å². The van der Waals surface area contributed by atoms with Gasteiger partial charge in [0.1, 0.15) is 5.82 Å². The van der Waals surface area contributed by atoms with Crippen molar-refractivity contribution in [2.75, 3.05) is 29.5 Å². The van der Waals surface area contributed by atoms with Crippen LogP contribution in [0.1, 0.15) is 5.56 Å². The number of rotatable bonds is 2. The Morgan fingerprint density at radius 3 is 2.47 bits per heavy atom. The summed E-state index contributed by atoms with van der Waals surface area (Å²) < 4.78 is 36.4. The molecule has 1 saturated heterocycles. The third kappa shape index (κ3) is 2.98. The molecule has 17 heavy (non-hydrogen) atoms. The number of halogens is 2. The Morgan fingerprint density at radius 1 is 1.29 bits per heavy atom. The molecule has 0 unspecified atom stereocenters. The van der Waals surface area contributed by atoms with Crippen LogP contribution in [-0.2, 0) is 15.2 Å². The molecule has 0 spiro atoms. The van der Waals surface area contributed by atoms with E-state index in [-0.39, 0.29) is 17.3 Å². The number of hydrogen-bond acceptors (Lipinski definition) is 3. The molecule has 1 fully saturated rings. The summed E-state index contributed by atoms with van der Waals surface area (Å²) in [5, 5.41) is 0.610. The maximum atomic E-state index is 13.8. The van der Waals surface area contributed by atoms with Crippen LogP contribution in [0.2, 0.25) is 0 Å². The van der Waals surface area contributed by atoms with Gasteiger partial charge in [-0.1, -0.05) is 22.0 Å². The van der Waals surface area contributed by atoms with E-state index in [1.165, 1.54) is 6.07 Å². The lowest BCUT2D eigenvalue weighted by molar-refractivity contribution is 0.581. The summed E-state index contributed by atoms with van der Waals surface area (Å²) in [6.07, 6.45) is 0. The van der Waals surface area contributed by atoms with Gasteiger partial charge in [0.15, 0.2) is 9.84 Å². The Labute approximate surface area is 109 Å². The molecule has 94 valence electrons. The minimum Gasteiger partial charge on any atom is -0.367 e. The van der Waals surface area contributed by atoms with Crippen LogP contribution in [0.3, 0.4) is 0 Å². The van der Waals surface area contributed by atoms with Gasteiger partial charge in [-0.05, 0) is 17.7 Å². The zero-order valence-corrected chi connectivity index (χ0v) is 11.6. The van der Waals surface area contributed by atoms with E-state index in [9.17, 15) is 12.8 Å². The normalized spacial score (nSPS) is 19.3. The lowest BCUT2D eigenvalue weighted by Crippen LogP contribution is -2.40. The van der Waals surface area contributed by atoms with Crippen LogP contribution in [-0.4, -0.2) is 33.0 Å². The molecule has 0 amide bonds. The lowest BCUT2D eigenvalue weighted by atomic mass is 10.2. The molecule has 1 aromatic carbocycles. The summed E-state index contributed by atoms with van der Waals surface area (Å²) in [6, 6.07) is 5.04. The minimum absolute atomic E-state index is 0.104. The molecule has 1 aliphatic rings. The number of alkyl halides is 1. The molecule has 1 heterocycles. The summed E-state index contributed by atoms with van der Waals surface area (Å²) in [7, 11) is -2.92. The van der Waals surface area contributed by atoms with Crippen LogP contribution < -0.4 is 4.90 Å². The highest BCUT2D eigenvalue weighted by atomic mass is 79.9. The molecule has 0 bridgehead atoms. The van der Waals surface area contributed by atoms with Gasteiger partial charge in [0.25, 0.3) is 0 Å². The lowest BCUT2D eigenvalue weighted by Gasteiger charge is -2.29. The molecule has 2 rings (SSSR count). The Kier molecular flexibility index (Phi) is 3.73. The van der Waals surface area contributed by atoms with Gasteiger partial charge in [-0.3, -0.25) is 0 Å². The van der Waals surface area contributed by atoms with E-state index < -0.39 is 9.84 Å². The van der Waals surface area contributed by atoms with Crippen molar-refractivity contribution < 1.29 is 12.8 Å². The smallest absolute Gasteiger partial charge is 0.153 e. The first-order valence-electron chi connectivity index (χ1n) is 5.31. The molecule has 1 aromatic rings. The van der Waals surface area contributed by atoms with Crippen LogP contribution in [0.4, 0.5) is 10.1 Å². The standard InChI is InChI=1S/C11H13BrFNO2S/c12-8-9-1-2-11(10(13)7-9)14-3-5-17(15,16)6-4-14/h1-2,7H,3-6,8H2. The Morgan fingerprint density at radius 2 is 1.94 bits per heavy atom. The molecule has 0 saturated carbocycles. The van der Waals surface area contributed by atoms with Gasteiger partial charge < -0.3 is 4.90 Å². The zero-order chi connectivity index (χ0) is 12.5. The highest BCUT2D eigenvalue weighted by Gasteiger charge is 2.23. The van der Waals surface area contributed by atoms with Crippen molar-refractivity contribution in [3.05, 3.63) is 29.6 Å². The molecule has 0 aliphatic carbocycles. The number of hydrogen-bond donors (Lipinski definition) is 0. The highest BCUT2D eigenvalue weighted by molar-refractivity contribution is 9.08. The van der Waals surface area contributed by atoms with Gasteiger partial charge in [-0.15, -0.1) is 0 Å². The average molecular weight is 322 g/mol. The molecular weight excluding hydrogens is 309 g/mol. The molecule has 1 aliphatic heterocycles. The SMILES string of the molecule is O=S1(=O)CCN(c2ccc(CBr)cc2F)CC1. The largest absolute Gasteiger partial charge is 0.367 e. The maximum Gasteiger partial charge on any atom is 0.153 e. The monoisotopic (exact) mass is 321 g/mol. The highest BCUT2D eigenvalue weighted by Crippen LogP contribution is 2.23. The van der Waals surface area contributed by atoms with Gasteiger partial charge >= 0.3 is 0 Å². The fraction of sp³-hybridized carbons (Fsp3) is 0.455.